The Labute approximate surface area is 135 Å². The summed E-state index contributed by atoms with van der Waals surface area (Å²) in [6.07, 6.45) is 1.64. The van der Waals surface area contributed by atoms with Crippen LogP contribution in [0.4, 0.5) is 14.5 Å². The molecule has 0 aliphatic rings. The molecule has 0 radical (unpaired) electrons. The van der Waals surface area contributed by atoms with Crippen molar-refractivity contribution in [1.82, 2.24) is 0 Å². The van der Waals surface area contributed by atoms with Crippen LogP contribution in [-0.4, -0.2) is 25.7 Å². The van der Waals surface area contributed by atoms with Crippen molar-refractivity contribution < 1.29 is 27.1 Å². The second-order valence-electron chi connectivity index (χ2n) is 4.40. The van der Waals surface area contributed by atoms with Crippen LogP contribution in [0.1, 0.15) is 10.4 Å². The Bertz CT molecular complexity index is 869. The van der Waals surface area contributed by atoms with Crippen molar-refractivity contribution in [2.45, 2.75) is 9.79 Å². The lowest BCUT2D eigenvalue weighted by Crippen LogP contribution is -2.15. The number of rotatable bonds is 5. The number of sulfonamides is 1. The van der Waals surface area contributed by atoms with Crippen molar-refractivity contribution in [3.63, 3.8) is 0 Å². The lowest BCUT2D eigenvalue weighted by molar-refractivity contribution is 0.0696. The maximum Gasteiger partial charge on any atom is 0.335 e. The van der Waals surface area contributed by atoms with Gasteiger partial charge in [0.05, 0.1) is 11.3 Å². The Balaban J connectivity index is 2.43. The summed E-state index contributed by atoms with van der Waals surface area (Å²) in [5, 5.41) is 8.94. The molecule has 5 nitrogen and oxygen atoms in total. The quantitative estimate of drug-likeness (QED) is 0.801. The Morgan fingerprint density at radius 2 is 1.87 bits per heavy atom. The van der Waals surface area contributed by atoms with Gasteiger partial charge in [0.25, 0.3) is 10.0 Å². The first-order valence-corrected chi connectivity index (χ1v) is 8.84. The van der Waals surface area contributed by atoms with Crippen molar-refractivity contribution in [3.8, 4) is 0 Å². The molecule has 122 valence electrons. The molecule has 2 aromatic rings. The maximum atomic E-state index is 13.7. The monoisotopic (exact) mass is 359 g/mol. The van der Waals surface area contributed by atoms with Crippen LogP contribution in [0.5, 0.6) is 0 Å². The topological polar surface area (TPSA) is 83.5 Å². The van der Waals surface area contributed by atoms with Crippen LogP contribution in [-0.2, 0) is 10.0 Å². The minimum absolute atomic E-state index is 0.00902. The zero-order valence-corrected chi connectivity index (χ0v) is 13.3. The highest BCUT2D eigenvalue weighted by Crippen LogP contribution is 2.29. The van der Waals surface area contributed by atoms with E-state index in [0.29, 0.717) is 11.0 Å². The third-order valence-corrected chi connectivity index (χ3v) is 5.05. The molecule has 0 aliphatic heterocycles. The fourth-order valence-electron chi connectivity index (χ4n) is 1.80. The molecule has 0 saturated heterocycles. The molecule has 0 bridgehead atoms. The molecule has 9 heteroatoms. The van der Waals surface area contributed by atoms with Crippen LogP contribution < -0.4 is 4.72 Å². The number of halogens is 2. The van der Waals surface area contributed by atoms with E-state index in [9.17, 15) is 22.0 Å². The maximum absolute atomic E-state index is 13.7. The van der Waals surface area contributed by atoms with Gasteiger partial charge in [-0.25, -0.2) is 22.0 Å². The third-order valence-electron chi connectivity index (χ3n) is 2.88. The van der Waals surface area contributed by atoms with E-state index in [0.717, 1.165) is 23.9 Å². The number of carboxylic acids is 1. The summed E-state index contributed by atoms with van der Waals surface area (Å²) in [5.74, 6) is -3.26. The van der Waals surface area contributed by atoms with Gasteiger partial charge in [0.1, 0.15) is 16.5 Å². The minimum Gasteiger partial charge on any atom is -0.478 e. The number of carboxylic acid groups (broad SMARTS) is 1. The van der Waals surface area contributed by atoms with Crippen LogP contribution in [0.2, 0.25) is 0 Å². The van der Waals surface area contributed by atoms with Crippen molar-refractivity contribution in [2.75, 3.05) is 11.0 Å². The second-order valence-corrected chi connectivity index (χ2v) is 6.90. The average Bonchev–Trinajstić information content (AvgIpc) is 2.46. The molecule has 0 amide bonds. The normalized spacial score (nSPS) is 11.3. The van der Waals surface area contributed by atoms with E-state index in [1.165, 1.54) is 18.2 Å². The Kier molecular flexibility index (Phi) is 4.90. The van der Waals surface area contributed by atoms with Crippen molar-refractivity contribution in [3.05, 3.63) is 53.6 Å². The predicted molar refractivity (Wildman–Crippen MR) is 82.3 cm³/mol. The van der Waals surface area contributed by atoms with Crippen molar-refractivity contribution >= 4 is 33.4 Å². The summed E-state index contributed by atoms with van der Waals surface area (Å²) in [7, 11) is -4.28. The highest BCUT2D eigenvalue weighted by atomic mass is 32.2. The van der Waals surface area contributed by atoms with Gasteiger partial charge in [-0.1, -0.05) is 0 Å². The van der Waals surface area contributed by atoms with Gasteiger partial charge < -0.3 is 5.11 Å². The van der Waals surface area contributed by atoms with Gasteiger partial charge in [0.2, 0.25) is 0 Å². The molecule has 0 aromatic heterocycles. The summed E-state index contributed by atoms with van der Waals surface area (Å²) < 4.78 is 53.2. The summed E-state index contributed by atoms with van der Waals surface area (Å²) in [6.45, 7) is 0. The van der Waals surface area contributed by atoms with E-state index in [4.69, 9.17) is 5.11 Å². The Morgan fingerprint density at radius 3 is 2.43 bits per heavy atom. The first-order valence-electron chi connectivity index (χ1n) is 6.14. The largest absolute Gasteiger partial charge is 0.478 e. The molecule has 2 aromatic carbocycles. The van der Waals surface area contributed by atoms with Crippen LogP contribution in [0, 0.1) is 11.6 Å². The predicted octanol–water partition coefficient (Wildman–Crippen LogP) is 3.19. The van der Waals surface area contributed by atoms with Crippen molar-refractivity contribution in [1.29, 1.82) is 0 Å². The highest BCUT2D eigenvalue weighted by Gasteiger charge is 2.21. The fourth-order valence-corrected chi connectivity index (χ4v) is 3.59. The van der Waals surface area contributed by atoms with Gasteiger partial charge in [-0.05, 0) is 36.6 Å². The van der Waals surface area contributed by atoms with E-state index in [1.807, 2.05) is 0 Å². The molecular weight excluding hydrogens is 348 g/mol. The third kappa shape index (κ3) is 3.80. The molecule has 2 N–H and O–H groups in total. The lowest BCUT2D eigenvalue weighted by Gasteiger charge is -2.12. The first-order chi connectivity index (χ1) is 10.7. The number of benzene rings is 2. The number of aromatic carboxylic acids is 1. The van der Waals surface area contributed by atoms with Gasteiger partial charge in [-0.2, -0.15) is 0 Å². The summed E-state index contributed by atoms with van der Waals surface area (Å²) in [6, 6.07) is 5.91. The number of anilines is 1. The molecule has 2 rings (SSSR count). The van der Waals surface area contributed by atoms with Crippen LogP contribution >= 0.6 is 11.8 Å². The highest BCUT2D eigenvalue weighted by molar-refractivity contribution is 7.99. The fraction of sp³-hybridized carbons (Fsp3) is 0.0714. The van der Waals surface area contributed by atoms with Gasteiger partial charge >= 0.3 is 5.97 Å². The number of nitrogens with one attached hydrogen (secondary N) is 1. The van der Waals surface area contributed by atoms with E-state index in [2.05, 4.69) is 4.72 Å². The molecule has 0 fully saturated rings. The molecule has 0 heterocycles. The summed E-state index contributed by atoms with van der Waals surface area (Å²) in [4.78, 5) is 10.6. The Morgan fingerprint density at radius 1 is 1.17 bits per heavy atom. The zero-order chi connectivity index (χ0) is 17.2. The van der Waals surface area contributed by atoms with E-state index in [-0.39, 0.29) is 11.3 Å². The minimum atomic E-state index is -4.28. The van der Waals surface area contributed by atoms with Gasteiger partial charge in [0, 0.05) is 11.0 Å². The Hall–Kier alpha value is -2.13. The average molecular weight is 359 g/mol. The van der Waals surface area contributed by atoms with E-state index in [1.54, 1.807) is 6.26 Å². The van der Waals surface area contributed by atoms with Crippen LogP contribution in [0.15, 0.2) is 46.2 Å². The van der Waals surface area contributed by atoms with Crippen LogP contribution in [0.25, 0.3) is 0 Å². The molecule has 0 saturated carbocycles. The van der Waals surface area contributed by atoms with Gasteiger partial charge in [0.15, 0.2) is 0 Å². The zero-order valence-electron chi connectivity index (χ0n) is 11.7. The van der Waals surface area contributed by atoms with E-state index >= 15 is 0 Å². The van der Waals surface area contributed by atoms with Crippen molar-refractivity contribution in [2.24, 2.45) is 0 Å². The molecular formula is C14H11F2NO4S2. The molecule has 0 atom stereocenters. The van der Waals surface area contributed by atoms with Crippen LogP contribution in [0.3, 0.4) is 0 Å². The number of carbonyl (C=O) groups is 1. The smallest absolute Gasteiger partial charge is 0.335 e. The summed E-state index contributed by atoms with van der Waals surface area (Å²) >= 11 is 1.13. The molecule has 0 spiro atoms. The number of hydrogen-bond donors (Lipinski definition) is 2. The molecule has 0 aliphatic carbocycles. The second kappa shape index (κ2) is 6.55. The van der Waals surface area contributed by atoms with Gasteiger partial charge in [-0.3, -0.25) is 4.72 Å². The summed E-state index contributed by atoms with van der Waals surface area (Å²) in [5.41, 5.74) is 0.0940. The lowest BCUT2D eigenvalue weighted by atomic mass is 10.2. The first kappa shape index (κ1) is 17.2. The SMILES string of the molecule is CSc1cc(C(=O)O)ccc1NS(=O)(=O)c1ccc(F)cc1F. The molecule has 0 unspecified atom stereocenters. The molecule has 23 heavy (non-hydrogen) atoms. The standard InChI is InChI=1S/C14H11F2NO4S2/c1-22-12-6-8(14(18)19)2-4-11(12)17-23(20,21)13-5-3-9(15)7-10(13)16/h2-7,17H,1H3,(H,18,19). The van der Waals surface area contributed by atoms with Gasteiger partial charge in [-0.15, -0.1) is 11.8 Å². The number of hydrogen-bond acceptors (Lipinski definition) is 4. The van der Waals surface area contributed by atoms with E-state index < -0.39 is 32.5 Å². The number of thioether (sulfide) groups is 1.